The Morgan fingerprint density at radius 2 is 1.76 bits per heavy atom. The van der Waals surface area contributed by atoms with E-state index in [9.17, 15) is 14.4 Å². The molecule has 1 aliphatic heterocycles. The number of ketones is 1. The molecule has 162 valence electrons. The van der Waals surface area contributed by atoms with Crippen molar-refractivity contribution in [1.29, 1.82) is 0 Å². The van der Waals surface area contributed by atoms with Gasteiger partial charge in [-0.2, -0.15) is 0 Å². The third-order valence-corrected chi connectivity index (χ3v) is 9.71. The second-order valence-electron chi connectivity index (χ2n) is 11.0. The molecular formula is C24H38N2O3. The Kier molecular flexibility index (Phi) is 5.31. The number of hydrogen-bond acceptors (Lipinski definition) is 3. The van der Waals surface area contributed by atoms with Crippen molar-refractivity contribution < 1.29 is 14.4 Å². The molecule has 1 saturated heterocycles. The molecule has 1 heterocycles. The molecule has 0 aromatic carbocycles. The summed E-state index contributed by atoms with van der Waals surface area (Å²) < 4.78 is 0. The molecule has 0 aromatic rings. The molecule has 4 rings (SSSR count). The number of piperidine rings is 1. The first-order chi connectivity index (χ1) is 13.7. The number of amides is 2. The van der Waals surface area contributed by atoms with Crippen LogP contribution >= 0.6 is 0 Å². The van der Waals surface area contributed by atoms with Gasteiger partial charge in [0.15, 0.2) is 0 Å². The third kappa shape index (κ3) is 3.33. The van der Waals surface area contributed by atoms with Crippen LogP contribution in [0.5, 0.6) is 0 Å². The fourth-order valence-corrected chi connectivity index (χ4v) is 8.12. The number of carbonyl (C=O) groups is 3. The second-order valence-corrected chi connectivity index (χ2v) is 11.0. The van der Waals surface area contributed by atoms with Gasteiger partial charge < -0.3 is 10.2 Å². The molecule has 4 fully saturated rings. The Labute approximate surface area is 175 Å². The number of carbonyl (C=O) groups excluding carboxylic acids is 3. The summed E-state index contributed by atoms with van der Waals surface area (Å²) >= 11 is 0. The van der Waals surface area contributed by atoms with Crippen LogP contribution in [0.25, 0.3) is 0 Å². The van der Waals surface area contributed by atoms with Crippen molar-refractivity contribution in [3.8, 4) is 0 Å². The van der Waals surface area contributed by atoms with Crippen LogP contribution < -0.4 is 5.32 Å². The molecule has 2 unspecified atom stereocenters. The van der Waals surface area contributed by atoms with Gasteiger partial charge in [-0.05, 0) is 86.4 Å². The lowest BCUT2D eigenvalue weighted by molar-refractivity contribution is -0.158. The molecule has 0 radical (unpaired) electrons. The van der Waals surface area contributed by atoms with Crippen molar-refractivity contribution in [3.05, 3.63) is 0 Å². The number of Topliss-reactive ketones (excluding diaryl/α,β-unsaturated/α-hetero) is 1. The number of nitrogens with zero attached hydrogens (tertiary/aromatic N) is 1. The minimum absolute atomic E-state index is 0.00351. The molecular weight excluding hydrogens is 364 g/mol. The average Bonchev–Trinajstić information content (AvgIpc) is 2.99. The van der Waals surface area contributed by atoms with E-state index in [1.54, 1.807) is 0 Å². The van der Waals surface area contributed by atoms with Gasteiger partial charge >= 0.3 is 0 Å². The number of rotatable bonds is 4. The third-order valence-electron chi connectivity index (χ3n) is 9.71. The lowest BCUT2D eigenvalue weighted by Gasteiger charge is -2.61. The second kappa shape index (κ2) is 7.39. The van der Waals surface area contributed by atoms with Crippen LogP contribution in [0.4, 0.5) is 0 Å². The molecule has 0 aromatic heterocycles. The Hall–Kier alpha value is -1.39. The van der Waals surface area contributed by atoms with Crippen LogP contribution in [-0.2, 0) is 14.4 Å². The van der Waals surface area contributed by atoms with Crippen molar-refractivity contribution in [3.63, 3.8) is 0 Å². The average molecular weight is 403 g/mol. The Morgan fingerprint density at radius 1 is 1.03 bits per heavy atom. The molecule has 3 saturated carbocycles. The highest BCUT2D eigenvalue weighted by Crippen LogP contribution is 2.66. The zero-order valence-corrected chi connectivity index (χ0v) is 18.6. The number of fused-ring (bicyclic) bond motifs is 5. The Bertz CT molecular complexity index is 706. The van der Waals surface area contributed by atoms with Crippen LogP contribution in [-0.4, -0.2) is 42.1 Å². The first-order valence-corrected chi connectivity index (χ1v) is 11.7. The zero-order chi connectivity index (χ0) is 21.0. The fourth-order valence-electron chi connectivity index (χ4n) is 8.12. The molecule has 7 atom stereocenters. The van der Waals surface area contributed by atoms with Crippen LogP contribution in [0.15, 0.2) is 0 Å². The Balaban J connectivity index is 1.47. The molecule has 3 aliphatic carbocycles. The van der Waals surface area contributed by atoms with Gasteiger partial charge in [0.2, 0.25) is 11.8 Å². The van der Waals surface area contributed by atoms with Gasteiger partial charge in [0.05, 0.1) is 6.42 Å². The monoisotopic (exact) mass is 402 g/mol. The van der Waals surface area contributed by atoms with E-state index in [4.69, 9.17) is 0 Å². The van der Waals surface area contributed by atoms with Crippen molar-refractivity contribution in [1.82, 2.24) is 10.2 Å². The van der Waals surface area contributed by atoms with E-state index >= 15 is 0 Å². The maximum atomic E-state index is 12.3. The summed E-state index contributed by atoms with van der Waals surface area (Å²) in [4.78, 5) is 37.6. The standard InChI is InChI=1S/C24H38N2O3/c1-15(27)13-21(28)25-14-16-5-7-18-17-6-8-20-24(3,12-10-22(29)26(20)4)19(17)9-11-23(16,18)2/h16-20H,5-14H2,1-4H3,(H,25,28)/t16?,17-,18-,19+,20?,23+,24+/m0/s1. The van der Waals surface area contributed by atoms with Crippen LogP contribution in [0, 0.1) is 34.5 Å². The summed E-state index contributed by atoms with van der Waals surface area (Å²) in [7, 11) is 2.02. The highest BCUT2D eigenvalue weighted by Gasteiger charge is 2.60. The van der Waals surface area contributed by atoms with Gasteiger partial charge in [-0.25, -0.2) is 0 Å². The molecule has 2 amide bonds. The van der Waals surface area contributed by atoms with E-state index < -0.39 is 0 Å². The zero-order valence-electron chi connectivity index (χ0n) is 18.6. The quantitative estimate of drug-likeness (QED) is 0.731. The van der Waals surface area contributed by atoms with E-state index in [0.29, 0.717) is 36.2 Å². The topological polar surface area (TPSA) is 66.5 Å². The fraction of sp³-hybridized carbons (Fsp3) is 0.875. The highest BCUT2D eigenvalue weighted by atomic mass is 16.2. The number of likely N-dealkylation sites (tertiary alicyclic amines) is 1. The summed E-state index contributed by atoms with van der Waals surface area (Å²) in [5.74, 6) is 2.87. The van der Waals surface area contributed by atoms with E-state index in [0.717, 1.165) is 30.6 Å². The van der Waals surface area contributed by atoms with E-state index in [1.807, 2.05) is 7.05 Å². The van der Waals surface area contributed by atoms with E-state index in [2.05, 4.69) is 24.1 Å². The van der Waals surface area contributed by atoms with Crippen LogP contribution in [0.2, 0.25) is 0 Å². The molecule has 5 nitrogen and oxygen atoms in total. The van der Waals surface area contributed by atoms with Gasteiger partial charge in [-0.1, -0.05) is 13.8 Å². The molecule has 0 spiro atoms. The summed E-state index contributed by atoms with van der Waals surface area (Å²) in [6.07, 6.45) is 9.08. The minimum Gasteiger partial charge on any atom is -0.355 e. The first kappa shape index (κ1) is 20.9. The lowest BCUT2D eigenvalue weighted by Crippen LogP contribution is -2.61. The van der Waals surface area contributed by atoms with Gasteiger partial charge in [0.25, 0.3) is 0 Å². The van der Waals surface area contributed by atoms with Crippen molar-refractivity contribution in [2.24, 2.45) is 34.5 Å². The summed E-state index contributed by atoms with van der Waals surface area (Å²) in [5.41, 5.74) is 0.560. The smallest absolute Gasteiger partial charge is 0.227 e. The largest absolute Gasteiger partial charge is 0.355 e. The molecule has 4 aliphatic rings. The van der Waals surface area contributed by atoms with Gasteiger partial charge in [0, 0.05) is 26.1 Å². The summed E-state index contributed by atoms with van der Waals surface area (Å²) in [6, 6.07) is 0.414. The maximum Gasteiger partial charge on any atom is 0.227 e. The van der Waals surface area contributed by atoms with Gasteiger partial charge in [-0.3, -0.25) is 14.4 Å². The Morgan fingerprint density at radius 3 is 2.48 bits per heavy atom. The van der Waals surface area contributed by atoms with Crippen molar-refractivity contribution in [2.45, 2.75) is 84.6 Å². The molecule has 29 heavy (non-hydrogen) atoms. The van der Waals surface area contributed by atoms with E-state index in [-0.39, 0.29) is 23.5 Å². The van der Waals surface area contributed by atoms with Crippen LogP contribution in [0.1, 0.15) is 78.6 Å². The normalized spacial score (nSPS) is 43.9. The van der Waals surface area contributed by atoms with Crippen LogP contribution in [0.3, 0.4) is 0 Å². The summed E-state index contributed by atoms with van der Waals surface area (Å²) in [5, 5.41) is 3.05. The predicted molar refractivity (Wildman–Crippen MR) is 112 cm³/mol. The first-order valence-electron chi connectivity index (χ1n) is 11.7. The van der Waals surface area contributed by atoms with E-state index in [1.165, 1.54) is 39.0 Å². The SMILES string of the molecule is CC(=O)CC(=O)NCC1CC[C@H]2[C@@H]3CCC4N(C)C(=O)CC[C@]4(C)[C@@H]3CC[C@]12C. The van der Waals surface area contributed by atoms with Crippen molar-refractivity contribution >= 4 is 17.6 Å². The predicted octanol–water partition coefficient (Wildman–Crippen LogP) is 3.56. The molecule has 0 bridgehead atoms. The molecule has 1 N–H and O–H groups in total. The van der Waals surface area contributed by atoms with Gasteiger partial charge in [-0.15, -0.1) is 0 Å². The van der Waals surface area contributed by atoms with Gasteiger partial charge in [0.1, 0.15) is 5.78 Å². The molecule has 5 heteroatoms. The van der Waals surface area contributed by atoms with Crippen molar-refractivity contribution in [2.75, 3.05) is 13.6 Å². The summed E-state index contributed by atoms with van der Waals surface area (Å²) in [6.45, 7) is 7.12. The minimum atomic E-state index is -0.124. The number of hydrogen-bond donors (Lipinski definition) is 1. The lowest BCUT2D eigenvalue weighted by atomic mass is 9.47. The maximum absolute atomic E-state index is 12.3. The number of nitrogens with one attached hydrogen (secondary N) is 1. The highest BCUT2D eigenvalue weighted by molar-refractivity contribution is 5.96.